The number of carbonyl (C=O) groups is 4. The first-order valence-corrected chi connectivity index (χ1v) is 10.5. The van der Waals surface area contributed by atoms with Gasteiger partial charge < -0.3 is 9.64 Å². The van der Waals surface area contributed by atoms with Crippen LogP contribution in [-0.4, -0.2) is 47.8 Å². The molecule has 7 nitrogen and oxygen atoms in total. The summed E-state index contributed by atoms with van der Waals surface area (Å²) in [6.45, 7) is 2.28. The van der Waals surface area contributed by atoms with E-state index in [0.717, 1.165) is 24.2 Å². The van der Waals surface area contributed by atoms with Gasteiger partial charge in [0.25, 0.3) is 17.7 Å². The summed E-state index contributed by atoms with van der Waals surface area (Å²) < 4.78 is 5.18. The van der Waals surface area contributed by atoms with Crippen LogP contribution in [0, 0.1) is 0 Å². The van der Waals surface area contributed by atoms with Gasteiger partial charge in [-0.2, -0.15) is 0 Å². The number of rotatable bonds is 4. The van der Waals surface area contributed by atoms with Crippen LogP contribution in [0.3, 0.4) is 0 Å². The monoisotopic (exact) mass is 440 g/mol. The summed E-state index contributed by atoms with van der Waals surface area (Å²) in [5.74, 6) is -1.96. The van der Waals surface area contributed by atoms with E-state index >= 15 is 0 Å². The third-order valence-electron chi connectivity index (χ3n) is 5.66. The summed E-state index contributed by atoms with van der Waals surface area (Å²) in [5, 5.41) is 0.485. The smallest absolute Gasteiger partial charge is 0.338 e. The molecule has 3 amide bonds. The van der Waals surface area contributed by atoms with E-state index in [9.17, 15) is 19.2 Å². The van der Waals surface area contributed by atoms with E-state index in [1.54, 1.807) is 29.2 Å². The molecule has 2 aromatic rings. The number of hydrogen-bond donors (Lipinski definition) is 0. The van der Waals surface area contributed by atoms with E-state index < -0.39 is 17.8 Å². The highest BCUT2D eigenvalue weighted by Gasteiger charge is 2.37. The second kappa shape index (κ2) is 8.51. The lowest BCUT2D eigenvalue weighted by molar-refractivity contribution is -0.137. The van der Waals surface area contributed by atoms with Crippen LogP contribution in [-0.2, 0) is 9.53 Å². The molecule has 0 aliphatic carbocycles. The summed E-state index contributed by atoms with van der Waals surface area (Å²) in [6, 6.07) is 10.6. The van der Waals surface area contributed by atoms with Gasteiger partial charge in [-0.3, -0.25) is 14.4 Å². The van der Waals surface area contributed by atoms with E-state index in [2.05, 4.69) is 0 Å². The van der Waals surface area contributed by atoms with Gasteiger partial charge >= 0.3 is 5.97 Å². The molecule has 1 unspecified atom stereocenters. The molecule has 0 radical (unpaired) electrons. The first-order valence-electron chi connectivity index (χ1n) is 10.1. The van der Waals surface area contributed by atoms with Crippen LogP contribution in [0.2, 0.25) is 5.02 Å². The molecule has 8 heteroatoms. The Labute approximate surface area is 184 Å². The number of benzene rings is 2. The van der Waals surface area contributed by atoms with Crippen LogP contribution >= 0.6 is 11.6 Å². The van der Waals surface area contributed by atoms with Crippen molar-refractivity contribution in [2.45, 2.75) is 32.2 Å². The number of anilines is 1. The van der Waals surface area contributed by atoms with E-state index in [-0.39, 0.29) is 35.2 Å². The van der Waals surface area contributed by atoms with Crippen molar-refractivity contribution in [3.05, 3.63) is 64.2 Å². The van der Waals surface area contributed by atoms with Crippen molar-refractivity contribution in [3.63, 3.8) is 0 Å². The van der Waals surface area contributed by atoms with Crippen LogP contribution in [0.4, 0.5) is 5.69 Å². The fourth-order valence-corrected chi connectivity index (χ4v) is 4.08. The molecule has 31 heavy (non-hydrogen) atoms. The minimum atomic E-state index is -0.717. The van der Waals surface area contributed by atoms with Gasteiger partial charge in [-0.25, -0.2) is 9.69 Å². The normalized spacial score (nSPS) is 18.2. The molecule has 0 saturated carbocycles. The molecule has 4 rings (SSSR count). The highest BCUT2D eigenvalue weighted by molar-refractivity contribution is 6.35. The second-order valence-electron chi connectivity index (χ2n) is 7.69. The lowest BCUT2D eigenvalue weighted by atomic mass is 10.0. The quantitative estimate of drug-likeness (QED) is 0.534. The van der Waals surface area contributed by atoms with E-state index in [0.29, 0.717) is 17.3 Å². The first-order chi connectivity index (χ1) is 14.9. The van der Waals surface area contributed by atoms with Crippen molar-refractivity contribution in [3.8, 4) is 0 Å². The number of ether oxygens (including phenoxy) is 1. The highest BCUT2D eigenvalue weighted by Crippen LogP contribution is 2.30. The van der Waals surface area contributed by atoms with Gasteiger partial charge in [0.2, 0.25) is 0 Å². The Kier molecular flexibility index (Phi) is 5.78. The number of nitrogens with zero attached hydrogens (tertiary/aromatic N) is 2. The maximum absolute atomic E-state index is 12.8. The largest absolute Gasteiger partial charge is 0.452 e. The van der Waals surface area contributed by atoms with Gasteiger partial charge in [-0.05, 0) is 68.7 Å². The van der Waals surface area contributed by atoms with E-state index in [4.69, 9.17) is 16.3 Å². The van der Waals surface area contributed by atoms with Gasteiger partial charge in [0.05, 0.1) is 22.4 Å². The molecular weight excluding hydrogens is 420 g/mol. The number of carbonyl (C=O) groups excluding carboxylic acids is 4. The number of esters is 1. The van der Waals surface area contributed by atoms with Crippen molar-refractivity contribution < 1.29 is 23.9 Å². The zero-order valence-corrected chi connectivity index (χ0v) is 17.7. The standard InChI is InChI=1S/C23H21ClN2O5/c1-14-4-2-3-11-25(14)20(27)13-31-23(30)15-5-10-18-19(12-15)22(29)26(21(18)28)17-8-6-16(24)7-9-17/h5-10,12,14H,2-4,11,13H2,1H3. The third-order valence-corrected chi connectivity index (χ3v) is 5.91. The molecule has 2 aliphatic heterocycles. The zero-order valence-electron chi connectivity index (χ0n) is 17.0. The Morgan fingerprint density at radius 1 is 1.03 bits per heavy atom. The van der Waals surface area contributed by atoms with Gasteiger partial charge in [-0.15, -0.1) is 0 Å². The molecule has 0 aromatic heterocycles. The molecule has 0 N–H and O–H groups in total. The van der Waals surface area contributed by atoms with Gasteiger partial charge in [-0.1, -0.05) is 11.6 Å². The van der Waals surface area contributed by atoms with Crippen LogP contribution < -0.4 is 4.90 Å². The number of imide groups is 1. The molecule has 0 bridgehead atoms. The average molecular weight is 441 g/mol. The number of likely N-dealkylation sites (tertiary alicyclic amines) is 1. The Morgan fingerprint density at radius 3 is 2.45 bits per heavy atom. The summed E-state index contributed by atoms with van der Waals surface area (Å²) in [5.41, 5.74) is 0.818. The van der Waals surface area contributed by atoms with Crippen LogP contribution in [0.5, 0.6) is 0 Å². The lowest BCUT2D eigenvalue weighted by Crippen LogP contribution is -2.44. The van der Waals surface area contributed by atoms with Crippen LogP contribution in [0.25, 0.3) is 0 Å². The number of fused-ring (bicyclic) bond motifs is 1. The number of halogens is 1. The zero-order chi connectivity index (χ0) is 22.1. The third kappa shape index (κ3) is 4.05. The van der Waals surface area contributed by atoms with E-state index in [1.165, 1.54) is 18.2 Å². The lowest BCUT2D eigenvalue weighted by Gasteiger charge is -2.33. The molecule has 2 aromatic carbocycles. The topological polar surface area (TPSA) is 84.0 Å². The minimum absolute atomic E-state index is 0.109. The van der Waals surface area contributed by atoms with Crippen molar-refractivity contribution in [1.82, 2.24) is 4.90 Å². The predicted molar refractivity (Wildman–Crippen MR) is 114 cm³/mol. The SMILES string of the molecule is CC1CCCCN1C(=O)COC(=O)c1ccc2c(c1)C(=O)N(c1ccc(Cl)cc1)C2=O. The van der Waals surface area contributed by atoms with Crippen molar-refractivity contribution in [2.75, 3.05) is 18.1 Å². The summed E-state index contributed by atoms with van der Waals surface area (Å²) >= 11 is 5.88. The highest BCUT2D eigenvalue weighted by atomic mass is 35.5. The van der Waals surface area contributed by atoms with Crippen molar-refractivity contribution >= 4 is 41.0 Å². The Hall–Kier alpha value is -3.19. The number of hydrogen-bond acceptors (Lipinski definition) is 5. The predicted octanol–water partition coefficient (Wildman–Crippen LogP) is 3.70. The van der Waals surface area contributed by atoms with Gasteiger partial charge in [0.1, 0.15) is 0 Å². The molecule has 1 atom stereocenters. The molecule has 0 spiro atoms. The summed E-state index contributed by atoms with van der Waals surface area (Å²) in [6.07, 6.45) is 2.96. The summed E-state index contributed by atoms with van der Waals surface area (Å²) in [4.78, 5) is 53.2. The fraction of sp³-hybridized carbons (Fsp3) is 0.304. The number of piperidine rings is 1. The van der Waals surface area contributed by atoms with Gasteiger partial charge in [0.15, 0.2) is 6.61 Å². The molecule has 2 aliphatic rings. The maximum Gasteiger partial charge on any atom is 0.338 e. The molecule has 2 heterocycles. The van der Waals surface area contributed by atoms with E-state index in [1.807, 2.05) is 6.92 Å². The summed E-state index contributed by atoms with van der Waals surface area (Å²) in [7, 11) is 0. The number of amides is 3. The van der Waals surface area contributed by atoms with Gasteiger partial charge in [0, 0.05) is 17.6 Å². The van der Waals surface area contributed by atoms with Crippen molar-refractivity contribution in [2.24, 2.45) is 0 Å². The average Bonchev–Trinajstić information content (AvgIpc) is 3.02. The Bertz CT molecular complexity index is 1070. The molecular formula is C23H21ClN2O5. The molecule has 160 valence electrons. The van der Waals surface area contributed by atoms with Crippen LogP contribution in [0.1, 0.15) is 57.3 Å². The Balaban J connectivity index is 1.47. The van der Waals surface area contributed by atoms with Crippen LogP contribution in [0.15, 0.2) is 42.5 Å². The fourth-order valence-electron chi connectivity index (χ4n) is 3.95. The first kappa shape index (κ1) is 21.1. The van der Waals surface area contributed by atoms with Crippen molar-refractivity contribution in [1.29, 1.82) is 0 Å². The molecule has 1 saturated heterocycles. The Morgan fingerprint density at radius 2 is 1.74 bits per heavy atom. The maximum atomic E-state index is 12.8. The molecule has 1 fully saturated rings. The second-order valence-corrected chi connectivity index (χ2v) is 8.13. The minimum Gasteiger partial charge on any atom is -0.452 e.